The van der Waals surface area contributed by atoms with Gasteiger partial charge in [0.05, 0.1) is 11.4 Å². The van der Waals surface area contributed by atoms with Crippen LogP contribution in [0.1, 0.15) is 33.6 Å². The summed E-state index contributed by atoms with van der Waals surface area (Å²) in [7, 11) is 0. The molecule has 1 saturated heterocycles. The maximum atomic E-state index is 12.3. The molecule has 1 aromatic heterocycles. The Morgan fingerprint density at radius 1 is 1.24 bits per heavy atom. The van der Waals surface area contributed by atoms with E-state index in [-0.39, 0.29) is 11.2 Å². The summed E-state index contributed by atoms with van der Waals surface area (Å²) in [5.41, 5.74) is 0.566. The van der Waals surface area contributed by atoms with E-state index in [0.29, 0.717) is 10.8 Å². The molecule has 0 N–H and O–H groups in total. The number of halogens is 1. The lowest BCUT2D eigenvalue weighted by molar-refractivity contribution is -0.123. The smallest absolute Gasteiger partial charge is 0.232 e. The van der Waals surface area contributed by atoms with Gasteiger partial charge in [-0.2, -0.15) is 0 Å². The Balaban J connectivity index is 1.94. The van der Waals surface area contributed by atoms with E-state index < -0.39 is 0 Å². The van der Waals surface area contributed by atoms with E-state index >= 15 is 0 Å². The Morgan fingerprint density at radius 2 is 1.96 bits per heavy atom. The molecule has 0 saturated carbocycles. The van der Waals surface area contributed by atoms with Crippen LogP contribution in [0.5, 0.6) is 0 Å². The van der Waals surface area contributed by atoms with E-state index in [1.54, 1.807) is 0 Å². The molecule has 7 heteroatoms. The molecule has 1 aliphatic heterocycles. The van der Waals surface area contributed by atoms with Crippen molar-refractivity contribution in [3.8, 4) is 5.69 Å². The number of Topliss-reactive ketones (excluding diaryl/α,β-unsaturated/α-hetero) is 1. The molecule has 3 rings (SSSR count). The fourth-order valence-corrected chi connectivity index (χ4v) is 3.96. The molecule has 134 valence electrons. The van der Waals surface area contributed by atoms with E-state index in [9.17, 15) is 4.79 Å². The monoisotopic (exact) mass is 378 g/mol. The van der Waals surface area contributed by atoms with Gasteiger partial charge in [-0.1, -0.05) is 50.2 Å². The van der Waals surface area contributed by atoms with Crippen LogP contribution in [-0.4, -0.2) is 39.4 Å². The summed E-state index contributed by atoms with van der Waals surface area (Å²) in [5.74, 6) is 1.40. The van der Waals surface area contributed by atoms with Crippen LogP contribution in [-0.2, 0) is 4.79 Å². The Kier molecular flexibility index (Phi) is 5.39. The number of rotatable bonds is 5. The number of ketones is 1. The zero-order valence-electron chi connectivity index (χ0n) is 14.8. The minimum atomic E-state index is -0.355. The van der Waals surface area contributed by atoms with Crippen LogP contribution in [0.2, 0.25) is 5.02 Å². The first-order chi connectivity index (χ1) is 11.9. The summed E-state index contributed by atoms with van der Waals surface area (Å²) in [5, 5.41) is 10.2. The molecule has 0 aliphatic carbocycles. The van der Waals surface area contributed by atoms with Crippen LogP contribution >= 0.6 is 23.4 Å². The zero-order chi connectivity index (χ0) is 18.0. The van der Waals surface area contributed by atoms with E-state index in [1.165, 1.54) is 11.8 Å². The van der Waals surface area contributed by atoms with Crippen molar-refractivity contribution in [2.24, 2.45) is 5.41 Å². The summed E-state index contributed by atoms with van der Waals surface area (Å²) in [6, 6.07) is 7.66. The Labute approximate surface area is 157 Å². The second-order valence-electron chi connectivity index (χ2n) is 7.25. The van der Waals surface area contributed by atoms with E-state index in [1.807, 2.05) is 49.6 Å². The molecule has 1 fully saturated rings. The number of anilines is 1. The summed E-state index contributed by atoms with van der Waals surface area (Å²) < 4.78 is 2.01. The molecule has 1 aliphatic rings. The van der Waals surface area contributed by atoms with Gasteiger partial charge in [-0.3, -0.25) is 9.36 Å². The lowest BCUT2D eigenvalue weighted by Gasteiger charge is -2.19. The van der Waals surface area contributed by atoms with Crippen LogP contribution in [0, 0.1) is 5.41 Å². The topological polar surface area (TPSA) is 51.0 Å². The van der Waals surface area contributed by atoms with Gasteiger partial charge in [0.1, 0.15) is 5.78 Å². The van der Waals surface area contributed by atoms with E-state index in [0.717, 1.165) is 42.7 Å². The lowest BCUT2D eigenvalue weighted by Crippen LogP contribution is -2.23. The van der Waals surface area contributed by atoms with Crippen LogP contribution in [0.15, 0.2) is 29.4 Å². The molecule has 0 spiro atoms. The third kappa shape index (κ3) is 4.18. The third-order valence-electron chi connectivity index (χ3n) is 4.24. The molecule has 2 aromatic rings. The number of carbonyl (C=O) groups excluding carboxylic acids is 1. The van der Waals surface area contributed by atoms with Gasteiger partial charge < -0.3 is 4.90 Å². The fraction of sp³-hybridized carbons (Fsp3) is 0.500. The SMILES string of the molecule is CC(C)(C)C(=O)CSc1nnc(N2CCCC2)n1-c1cccc(Cl)c1. The molecule has 2 heterocycles. The highest BCUT2D eigenvalue weighted by atomic mass is 35.5. The molecule has 0 radical (unpaired) electrons. The third-order valence-corrected chi connectivity index (χ3v) is 5.40. The minimum Gasteiger partial charge on any atom is -0.341 e. The second-order valence-corrected chi connectivity index (χ2v) is 8.63. The van der Waals surface area contributed by atoms with Crippen molar-refractivity contribution in [2.45, 2.75) is 38.8 Å². The molecule has 25 heavy (non-hydrogen) atoms. The van der Waals surface area contributed by atoms with E-state index in [2.05, 4.69) is 15.1 Å². The molecule has 1 aromatic carbocycles. The van der Waals surface area contributed by atoms with Crippen molar-refractivity contribution in [2.75, 3.05) is 23.7 Å². The van der Waals surface area contributed by atoms with Crippen LogP contribution < -0.4 is 4.90 Å². The van der Waals surface area contributed by atoms with Gasteiger partial charge in [-0.15, -0.1) is 10.2 Å². The number of aromatic nitrogens is 3. The van der Waals surface area contributed by atoms with E-state index in [4.69, 9.17) is 11.6 Å². The lowest BCUT2D eigenvalue weighted by atomic mass is 9.92. The molecular formula is C18H23ClN4OS. The fourth-order valence-electron chi connectivity index (χ4n) is 2.67. The normalized spacial score (nSPS) is 15.0. The van der Waals surface area contributed by atoms with Crippen molar-refractivity contribution in [1.29, 1.82) is 0 Å². The van der Waals surface area contributed by atoms with Gasteiger partial charge >= 0.3 is 0 Å². The quantitative estimate of drug-likeness (QED) is 0.729. The average Bonchev–Trinajstić information content (AvgIpc) is 3.20. The minimum absolute atomic E-state index is 0.195. The van der Waals surface area contributed by atoms with Crippen molar-refractivity contribution in [1.82, 2.24) is 14.8 Å². The zero-order valence-corrected chi connectivity index (χ0v) is 16.4. The number of benzene rings is 1. The van der Waals surface area contributed by atoms with Crippen LogP contribution in [0.4, 0.5) is 5.95 Å². The molecule has 5 nitrogen and oxygen atoms in total. The Morgan fingerprint density at radius 3 is 2.60 bits per heavy atom. The molecule has 0 atom stereocenters. The number of thioether (sulfide) groups is 1. The standard InChI is InChI=1S/C18H23ClN4OS/c1-18(2,3)15(24)12-25-17-21-20-16(22-9-4-5-10-22)23(17)14-8-6-7-13(19)11-14/h6-8,11H,4-5,9-10,12H2,1-3H3. The van der Waals surface area contributed by atoms with Gasteiger partial charge in [0.2, 0.25) is 5.95 Å². The summed E-state index contributed by atoms with van der Waals surface area (Å²) in [6.07, 6.45) is 2.32. The van der Waals surface area contributed by atoms with Crippen molar-refractivity contribution in [3.05, 3.63) is 29.3 Å². The van der Waals surface area contributed by atoms with Crippen LogP contribution in [0.25, 0.3) is 5.69 Å². The molecule has 0 amide bonds. The van der Waals surface area contributed by atoms with Gasteiger partial charge in [0.25, 0.3) is 0 Å². The molecule has 0 bridgehead atoms. The largest absolute Gasteiger partial charge is 0.341 e. The Bertz CT molecular complexity index is 763. The van der Waals surface area contributed by atoms with Crippen molar-refractivity contribution in [3.63, 3.8) is 0 Å². The number of hydrogen-bond acceptors (Lipinski definition) is 5. The highest BCUT2D eigenvalue weighted by Crippen LogP contribution is 2.30. The molecular weight excluding hydrogens is 356 g/mol. The molecule has 0 unspecified atom stereocenters. The first-order valence-electron chi connectivity index (χ1n) is 8.48. The van der Waals surface area contributed by atoms with Crippen molar-refractivity contribution >= 4 is 35.1 Å². The number of nitrogens with zero attached hydrogens (tertiary/aromatic N) is 4. The maximum Gasteiger partial charge on any atom is 0.232 e. The first kappa shape index (κ1) is 18.3. The average molecular weight is 379 g/mol. The summed E-state index contributed by atoms with van der Waals surface area (Å²) >= 11 is 7.62. The van der Waals surface area contributed by atoms with Crippen molar-refractivity contribution < 1.29 is 4.79 Å². The van der Waals surface area contributed by atoms with Gasteiger partial charge in [0.15, 0.2) is 5.16 Å². The maximum absolute atomic E-state index is 12.3. The van der Waals surface area contributed by atoms with Gasteiger partial charge in [-0.05, 0) is 31.0 Å². The first-order valence-corrected chi connectivity index (χ1v) is 9.85. The second kappa shape index (κ2) is 7.38. The predicted octanol–water partition coefficient (Wildman–Crippen LogP) is 4.23. The van der Waals surface area contributed by atoms with Crippen LogP contribution in [0.3, 0.4) is 0 Å². The van der Waals surface area contributed by atoms with Gasteiger partial charge in [0, 0.05) is 23.5 Å². The summed E-state index contributed by atoms with van der Waals surface area (Å²) in [4.78, 5) is 14.5. The highest BCUT2D eigenvalue weighted by molar-refractivity contribution is 7.99. The van der Waals surface area contributed by atoms with Gasteiger partial charge in [-0.25, -0.2) is 0 Å². The summed E-state index contributed by atoms with van der Waals surface area (Å²) in [6.45, 7) is 7.77. The number of hydrogen-bond donors (Lipinski definition) is 0. The highest BCUT2D eigenvalue weighted by Gasteiger charge is 2.25. The predicted molar refractivity (Wildman–Crippen MR) is 103 cm³/mol. The Hall–Kier alpha value is -1.53. The number of carbonyl (C=O) groups is 1.